The second-order valence-electron chi connectivity index (χ2n) is 4.85. The molecular formula is C17H10I3NO3. The van der Waals surface area contributed by atoms with Crippen LogP contribution in [0.1, 0.15) is 11.1 Å². The third kappa shape index (κ3) is 3.93. The monoisotopic (exact) mass is 657 g/mol. The van der Waals surface area contributed by atoms with E-state index in [0.29, 0.717) is 11.6 Å². The molecule has 0 atom stereocenters. The molecule has 0 amide bonds. The minimum absolute atomic E-state index is 0.264. The van der Waals surface area contributed by atoms with Gasteiger partial charge in [0, 0.05) is 18.3 Å². The Bertz CT molecular complexity index is 873. The number of methoxy groups -OCH3 is 1. The normalized spacial score (nSPS) is 15.4. The lowest BCUT2D eigenvalue weighted by atomic mass is 10.1. The van der Waals surface area contributed by atoms with Gasteiger partial charge in [-0.25, -0.2) is 9.79 Å². The molecule has 4 nitrogen and oxygen atoms in total. The number of cyclic esters (lactones) is 1. The average Bonchev–Trinajstić information content (AvgIpc) is 2.88. The summed E-state index contributed by atoms with van der Waals surface area (Å²) >= 11 is 6.66. The number of rotatable bonds is 3. The van der Waals surface area contributed by atoms with Gasteiger partial charge in [-0.3, -0.25) is 0 Å². The molecule has 24 heavy (non-hydrogen) atoms. The Morgan fingerprint density at radius 2 is 1.79 bits per heavy atom. The molecule has 0 aromatic heterocycles. The molecular weight excluding hydrogens is 647 g/mol. The molecule has 0 aliphatic carbocycles. The molecule has 0 unspecified atom stereocenters. The number of hydrogen-bond donors (Lipinski definition) is 0. The van der Waals surface area contributed by atoms with Crippen molar-refractivity contribution in [2.75, 3.05) is 7.11 Å². The highest BCUT2D eigenvalue weighted by Crippen LogP contribution is 2.31. The van der Waals surface area contributed by atoms with Gasteiger partial charge in [0.2, 0.25) is 5.90 Å². The van der Waals surface area contributed by atoms with E-state index in [2.05, 4.69) is 72.8 Å². The second kappa shape index (κ2) is 7.68. The second-order valence-corrected chi connectivity index (χ2v) is 8.51. The van der Waals surface area contributed by atoms with Gasteiger partial charge in [0.1, 0.15) is 5.75 Å². The molecule has 3 rings (SSSR count). The molecule has 2 aromatic carbocycles. The number of carbonyl (C=O) groups excluding carboxylic acids is 1. The molecule has 0 saturated carbocycles. The predicted molar refractivity (Wildman–Crippen MR) is 118 cm³/mol. The van der Waals surface area contributed by atoms with Gasteiger partial charge in [0.05, 0.1) is 10.7 Å². The van der Waals surface area contributed by atoms with Gasteiger partial charge in [0.15, 0.2) is 5.70 Å². The largest absolute Gasteiger partial charge is 0.495 e. The number of carbonyl (C=O) groups is 1. The van der Waals surface area contributed by atoms with E-state index in [9.17, 15) is 4.79 Å². The molecule has 0 bridgehead atoms. The third-order valence-electron chi connectivity index (χ3n) is 3.25. The first kappa shape index (κ1) is 18.1. The van der Waals surface area contributed by atoms with Crippen molar-refractivity contribution in [2.45, 2.75) is 0 Å². The van der Waals surface area contributed by atoms with Crippen molar-refractivity contribution in [3.05, 3.63) is 63.9 Å². The quantitative estimate of drug-likeness (QED) is 0.270. The van der Waals surface area contributed by atoms with Crippen LogP contribution >= 0.6 is 67.8 Å². The highest BCUT2D eigenvalue weighted by atomic mass is 127. The number of aliphatic imine (C=N–C) groups is 1. The van der Waals surface area contributed by atoms with Crippen LogP contribution in [-0.2, 0) is 9.53 Å². The number of ether oxygens (including phenoxy) is 2. The van der Waals surface area contributed by atoms with E-state index in [4.69, 9.17) is 9.47 Å². The first-order valence-corrected chi connectivity index (χ1v) is 10.0. The lowest BCUT2D eigenvalue weighted by molar-refractivity contribution is -0.129. The molecule has 1 aliphatic heterocycles. The summed E-state index contributed by atoms with van der Waals surface area (Å²) in [5, 5.41) is 0. The fraction of sp³-hybridized carbons (Fsp3) is 0.0588. The van der Waals surface area contributed by atoms with Crippen LogP contribution < -0.4 is 4.74 Å². The van der Waals surface area contributed by atoms with E-state index in [-0.39, 0.29) is 5.70 Å². The zero-order chi connectivity index (χ0) is 17.3. The zero-order valence-electron chi connectivity index (χ0n) is 12.3. The van der Waals surface area contributed by atoms with Crippen molar-refractivity contribution in [3.8, 4) is 5.75 Å². The van der Waals surface area contributed by atoms with Gasteiger partial charge in [-0.2, -0.15) is 0 Å². The minimum Gasteiger partial charge on any atom is -0.495 e. The minimum atomic E-state index is -0.459. The Labute approximate surface area is 180 Å². The topological polar surface area (TPSA) is 47.9 Å². The maximum Gasteiger partial charge on any atom is 0.363 e. The summed E-state index contributed by atoms with van der Waals surface area (Å²) in [7, 11) is 1.61. The lowest BCUT2D eigenvalue weighted by Gasteiger charge is -2.08. The Morgan fingerprint density at radius 1 is 1.08 bits per heavy atom. The van der Waals surface area contributed by atoms with Gasteiger partial charge in [0.25, 0.3) is 0 Å². The van der Waals surface area contributed by atoms with Crippen molar-refractivity contribution in [1.29, 1.82) is 0 Å². The highest BCUT2D eigenvalue weighted by Gasteiger charge is 2.24. The van der Waals surface area contributed by atoms with E-state index in [1.165, 1.54) is 0 Å². The molecule has 0 saturated heterocycles. The SMILES string of the molecule is COc1c(I)cc(I)cc1/C=C1\N=C(c2ccc(I)cc2)OC1=O. The highest BCUT2D eigenvalue weighted by molar-refractivity contribution is 14.1. The smallest absolute Gasteiger partial charge is 0.363 e. The number of halogens is 3. The van der Waals surface area contributed by atoms with Crippen molar-refractivity contribution < 1.29 is 14.3 Å². The standard InChI is InChI=1S/C17H10I3NO3/c1-23-15-10(6-12(19)8-13(15)20)7-14-17(22)24-16(21-14)9-2-4-11(18)5-3-9/h2-8H,1H3/b14-7-. The summed E-state index contributed by atoms with van der Waals surface area (Å²) in [6, 6.07) is 11.6. The molecule has 0 spiro atoms. The van der Waals surface area contributed by atoms with Crippen LogP contribution in [0, 0.1) is 10.7 Å². The van der Waals surface area contributed by atoms with E-state index in [1.54, 1.807) is 13.2 Å². The van der Waals surface area contributed by atoms with Gasteiger partial charge < -0.3 is 9.47 Å². The van der Waals surface area contributed by atoms with E-state index < -0.39 is 5.97 Å². The van der Waals surface area contributed by atoms with Crippen LogP contribution in [0.4, 0.5) is 0 Å². The molecule has 2 aromatic rings. The molecule has 1 aliphatic rings. The molecule has 7 heteroatoms. The average molecular weight is 657 g/mol. The predicted octanol–water partition coefficient (Wildman–Crippen LogP) is 4.85. The van der Waals surface area contributed by atoms with Crippen LogP contribution in [0.3, 0.4) is 0 Å². The Hall–Kier alpha value is -0.690. The van der Waals surface area contributed by atoms with Gasteiger partial charge >= 0.3 is 5.97 Å². The maximum atomic E-state index is 12.1. The molecule has 0 fully saturated rings. The van der Waals surface area contributed by atoms with Crippen LogP contribution in [0.15, 0.2) is 47.1 Å². The number of esters is 1. The number of nitrogens with zero attached hydrogens (tertiary/aromatic N) is 1. The first-order chi connectivity index (χ1) is 11.5. The Balaban J connectivity index is 2.02. The van der Waals surface area contributed by atoms with Gasteiger partial charge in [-0.05, 0) is 110 Å². The van der Waals surface area contributed by atoms with E-state index >= 15 is 0 Å². The van der Waals surface area contributed by atoms with Crippen molar-refractivity contribution in [3.63, 3.8) is 0 Å². The lowest BCUT2D eigenvalue weighted by Crippen LogP contribution is -2.05. The van der Waals surface area contributed by atoms with E-state index in [1.807, 2.05) is 36.4 Å². The first-order valence-electron chi connectivity index (χ1n) is 6.79. The summed E-state index contributed by atoms with van der Waals surface area (Å²) in [5.74, 6) is 0.579. The molecule has 0 N–H and O–H groups in total. The summed E-state index contributed by atoms with van der Waals surface area (Å²) in [4.78, 5) is 16.5. The van der Waals surface area contributed by atoms with Crippen molar-refractivity contribution in [1.82, 2.24) is 0 Å². The molecule has 0 radical (unpaired) electrons. The van der Waals surface area contributed by atoms with Gasteiger partial charge in [-0.1, -0.05) is 0 Å². The van der Waals surface area contributed by atoms with Crippen molar-refractivity contribution in [2.24, 2.45) is 4.99 Å². The zero-order valence-corrected chi connectivity index (χ0v) is 18.8. The molecule has 122 valence electrons. The van der Waals surface area contributed by atoms with Crippen LogP contribution in [0.5, 0.6) is 5.75 Å². The van der Waals surface area contributed by atoms with E-state index in [0.717, 1.165) is 21.8 Å². The summed E-state index contributed by atoms with van der Waals surface area (Å²) in [6.45, 7) is 0. The third-order valence-corrected chi connectivity index (χ3v) is 5.39. The van der Waals surface area contributed by atoms with Crippen LogP contribution in [0.25, 0.3) is 6.08 Å². The van der Waals surface area contributed by atoms with Gasteiger partial charge in [-0.15, -0.1) is 0 Å². The Morgan fingerprint density at radius 3 is 2.46 bits per heavy atom. The summed E-state index contributed by atoms with van der Waals surface area (Å²) in [5.41, 5.74) is 1.84. The summed E-state index contributed by atoms with van der Waals surface area (Å²) in [6.07, 6.45) is 1.70. The van der Waals surface area contributed by atoms with Crippen LogP contribution in [-0.4, -0.2) is 19.0 Å². The fourth-order valence-corrected chi connectivity index (χ4v) is 4.64. The van der Waals surface area contributed by atoms with Crippen LogP contribution in [0.2, 0.25) is 0 Å². The Kier molecular flexibility index (Phi) is 5.80. The summed E-state index contributed by atoms with van der Waals surface area (Å²) < 4.78 is 13.9. The number of benzene rings is 2. The molecule has 1 heterocycles. The fourth-order valence-electron chi connectivity index (χ4n) is 2.18. The number of hydrogen-bond acceptors (Lipinski definition) is 4. The maximum absolute atomic E-state index is 12.1. The van der Waals surface area contributed by atoms with Crippen molar-refractivity contribution >= 4 is 85.7 Å².